The SMILES string of the molecule is CC(C)COC(=O)CC(O)CN1CC(=O)NC1c1ccccc1. The Labute approximate surface area is 136 Å². The number of aliphatic hydroxyl groups is 1. The van der Waals surface area contributed by atoms with Gasteiger partial charge in [0.25, 0.3) is 0 Å². The first-order valence-corrected chi connectivity index (χ1v) is 7.87. The van der Waals surface area contributed by atoms with Crippen molar-refractivity contribution in [2.75, 3.05) is 19.7 Å². The molecule has 1 amide bonds. The average Bonchev–Trinajstić information content (AvgIpc) is 2.86. The predicted molar refractivity (Wildman–Crippen MR) is 85.3 cm³/mol. The molecule has 23 heavy (non-hydrogen) atoms. The van der Waals surface area contributed by atoms with E-state index in [1.165, 1.54) is 0 Å². The highest BCUT2D eigenvalue weighted by Gasteiger charge is 2.32. The van der Waals surface area contributed by atoms with E-state index < -0.39 is 12.1 Å². The van der Waals surface area contributed by atoms with E-state index in [2.05, 4.69) is 5.32 Å². The van der Waals surface area contributed by atoms with Crippen molar-refractivity contribution >= 4 is 11.9 Å². The van der Waals surface area contributed by atoms with E-state index in [1.54, 1.807) is 0 Å². The Morgan fingerprint density at radius 2 is 2.09 bits per heavy atom. The summed E-state index contributed by atoms with van der Waals surface area (Å²) >= 11 is 0. The van der Waals surface area contributed by atoms with E-state index in [0.717, 1.165) is 5.56 Å². The maximum absolute atomic E-state index is 11.7. The standard InChI is InChI=1S/C17H24N2O4/c1-12(2)11-23-16(22)8-14(20)9-19-10-15(21)18-17(19)13-6-4-3-5-7-13/h3-7,12,14,17,20H,8-11H2,1-2H3,(H,18,21). The molecule has 0 aromatic heterocycles. The molecule has 2 N–H and O–H groups in total. The fourth-order valence-electron chi connectivity index (χ4n) is 2.51. The van der Waals surface area contributed by atoms with Crippen LogP contribution in [0.1, 0.15) is 32.0 Å². The molecule has 1 saturated heterocycles. The molecule has 2 unspecified atom stereocenters. The van der Waals surface area contributed by atoms with Crippen LogP contribution in [0.3, 0.4) is 0 Å². The maximum Gasteiger partial charge on any atom is 0.308 e. The molecule has 0 saturated carbocycles. The smallest absolute Gasteiger partial charge is 0.308 e. The van der Waals surface area contributed by atoms with Crippen LogP contribution >= 0.6 is 0 Å². The van der Waals surface area contributed by atoms with Gasteiger partial charge < -0.3 is 15.2 Å². The molecule has 0 spiro atoms. The van der Waals surface area contributed by atoms with Gasteiger partial charge in [-0.1, -0.05) is 44.2 Å². The van der Waals surface area contributed by atoms with Gasteiger partial charge >= 0.3 is 5.97 Å². The summed E-state index contributed by atoms with van der Waals surface area (Å²) < 4.78 is 5.07. The zero-order valence-electron chi connectivity index (χ0n) is 13.6. The highest BCUT2D eigenvalue weighted by atomic mass is 16.5. The largest absolute Gasteiger partial charge is 0.465 e. The minimum Gasteiger partial charge on any atom is -0.465 e. The molecule has 1 aliphatic rings. The number of hydrogen-bond donors (Lipinski definition) is 2. The fraction of sp³-hybridized carbons (Fsp3) is 0.529. The first kappa shape index (κ1) is 17.4. The van der Waals surface area contributed by atoms with E-state index in [1.807, 2.05) is 49.1 Å². The number of benzene rings is 1. The van der Waals surface area contributed by atoms with Crippen LogP contribution in [0.25, 0.3) is 0 Å². The van der Waals surface area contributed by atoms with Crippen LogP contribution in [-0.4, -0.2) is 47.7 Å². The predicted octanol–water partition coefficient (Wildman–Crippen LogP) is 1.07. The molecule has 0 aliphatic carbocycles. The van der Waals surface area contributed by atoms with Gasteiger partial charge in [0, 0.05) is 6.54 Å². The first-order chi connectivity index (χ1) is 11.0. The summed E-state index contributed by atoms with van der Waals surface area (Å²) in [5, 5.41) is 13.0. The second-order valence-corrected chi connectivity index (χ2v) is 6.24. The van der Waals surface area contributed by atoms with Gasteiger partial charge in [0.15, 0.2) is 0 Å². The minimum atomic E-state index is -0.867. The van der Waals surface area contributed by atoms with Crippen molar-refractivity contribution in [2.24, 2.45) is 5.92 Å². The Kier molecular flexibility index (Phi) is 6.12. The summed E-state index contributed by atoms with van der Waals surface area (Å²) in [5.74, 6) is -0.242. The highest BCUT2D eigenvalue weighted by Crippen LogP contribution is 2.22. The van der Waals surface area contributed by atoms with Crippen LogP contribution < -0.4 is 5.32 Å². The van der Waals surface area contributed by atoms with Crippen molar-refractivity contribution < 1.29 is 19.4 Å². The number of carbonyl (C=O) groups excluding carboxylic acids is 2. The Balaban J connectivity index is 1.89. The number of nitrogens with zero attached hydrogens (tertiary/aromatic N) is 1. The third-order valence-electron chi connectivity index (χ3n) is 3.55. The number of rotatable bonds is 7. The number of carbonyl (C=O) groups is 2. The Morgan fingerprint density at radius 1 is 1.39 bits per heavy atom. The lowest BCUT2D eigenvalue weighted by Crippen LogP contribution is -2.35. The van der Waals surface area contributed by atoms with Crippen LogP contribution in [0.5, 0.6) is 0 Å². The molecule has 126 valence electrons. The summed E-state index contributed by atoms with van der Waals surface area (Å²) in [4.78, 5) is 25.2. The summed E-state index contributed by atoms with van der Waals surface area (Å²) in [6.45, 7) is 4.69. The number of ether oxygens (including phenoxy) is 1. The molecule has 1 fully saturated rings. The third kappa shape index (κ3) is 5.33. The van der Waals surface area contributed by atoms with Crippen LogP contribution in [-0.2, 0) is 14.3 Å². The summed E-state index contributed by atoms with van der Waals surface area (Å²) in [6, 6.07) is 9.55. The zero-order chi connectivity index (χ0) is 16.8. The van der Waals surface area contributed by atoms with Gasteiger partial charge in [-0.15, -0.1) is 0 Å². The monoisotopic (exact) mass is 320 g/mol. The topological polar surface area (TPSA) is 78.9 Å². The fourth-order valence-corrected chi connectivity index (χ4v) is 2.51. The van der Waals surface area contributed by atoms with E-state index in [4.69, 9.17) is 4.74 Å². The number of aliphatic hydroxyl groups excluding tert-OH is 1. The van der Waals surface area contributed by atoms with Gasteiger partial charge in [0.2, 0.25) is 5.91 Å². The molecule has 6 heteroatoms. The first-order valence-electron chi connectivity index (χ1n) is 7.87. The highest BCUT2D eigenvalue weighted by molar-refractivity contribution is 5.80. The Hall–Kier alpha value is -1.92. The second-order valence-electron chi connectivity index (χ2n) is 6.24. The molecule has 2 atom stereocenters. The lowest BCUT2D eigenvalue weighted by Gasteiger charge is -2.25. The average molecular weight is 320 g/mol. The number of esters is 1. The minimum absolute atomic E-state index is 0.0705. The molecule has 1 aromatic carbocycles. The molecule has 1 aliphatic heterocycles. The number of nitrogens with one attached hydrogen (secondary N) is 1. The van der Waals surface area contributed by atoms with Gasteiger partial charge in [-0.05, 0) is 11.5 Å². The summed E-state index contributed by atoms with van der Waals surface area (Å²) in [6.07, 6.45) is -1.21. The van der Waals surface area contributed by atoms with Crippen LogP contribution in [0.4, 0.5) is 0 Å². The van der Waals surface area contributed by atoms with Gasteiger partial charge in [-0.25, -0.2) is 0 Å². The molecule has 0 radical (unpaired) electrons. The Morgan fingerprint density at radius 3 is 2.74 bits per heavy atom. The van der Waals surface area contributed by atoms with Gasteiger partial charge in [-0.2, -0.15) is 0 Å². The van der Waals surface area contributed by atoms with E-state index in [0.29, 0.717) is 6.61 Å². The molecule has 2 rings (SSSR count). The van der Waals surface area contributed by atoms with Crippen molar-refractivity contribution in [1.29, 1.82) is 0 Å². The molecule has 1 aromatic rings. The summed E-state index contributed by atoms with van der Waals surface area (Å²) in [5.41, 5.74) is 0.952. The van der Waals surface area contributed by atoms with Crippen molar-refractivity contribution in [3.8, 4) is 0 Å². The van der Waals surface area contributed by atoms with Crippen molar-refractivity contribution in [3.05, 3.63) is 35.9 Å². The van der Waals surface area contributed by atoms with E-state index in [9.17, 15) is 14.7 Å². The molecular formula is C17H24N2O4. The van der Waals surface area contributed by atoms with Crippen LogP contribution in [0.2, 0.25) is 0 Å². The van der Waals surface area contributed by atoms with E-state index >= 15 is 0 Å². The lowest BCUT2D eigenvalue weighted by atomic mass is 10.1. The van der Waals surface area contributed by atoms with Crippen molar-refractivity contribution in [1.82, 2.24) is 10.2 Å². The Bertz CT molecular complexity index is 533. The molecule has 1 heterocycles. The second kappa shape index (κ2) is 8.08. The lowest BCUT2D eigenvalue weighted by molar-refractivity contribution is -0.147. The number of amides is 1. The molecular weight excluding hydrogens is 296 g/mol. The quantitative estimate of drug-likeness (QED) is 0.735. The van der Waals surface area contributed by atoms with Gasteiger partial charge in [0.05, 0.1) is 25.7 Å². The van der Waals surface area contributed by atoms with E-state index in [-0.39, 0.29) is 37.5 Å². The van der Waals surface area contributed by atoms with Crippen molar-refractivity contribution in [3.63, 3.8) is 0 Å². The van der Waals surface area contributed by atoms with Gasteiger partial charge in [-0.3, -0.25) is 14.5 Å². The third-order valence-corrected chi connectivity index (χ3v) is 3.55. The van der Waals surface area contributed by atoms with Gasteiger partial charge in [0.1, 0.15) is 6.17 Å². The molecule has 0 bridgehead atoms. The number of β-amino-alcohol motifs (C(OH)–C–C–N with tert-alkyl or cyclic N) is 1. The number of hydrogen-bond acceptors (Lipinski definition) is 5. The maximum atomic E-state index is 11.7. The zero-order valence-corrected chi connectivity index (χ0v) is 13.6. The normalized spacial score (nSPS) is 19.7. The molecule has 6 nitrogen and oxygen atoms in total. The summed E-state index contributed by atoms with van der Waals surface area (Å²) in [7, 11) is 0. The van der Waals surface area contributed by atoms with Crippen molar-refractivity contribution in [2.45, 2.75) is 32.5 Å². The van der Waals surface area contributed by atoms with Crippen LogP contribution in [0, 0.1) is 5.92 Å². The van der Waals surface area contributed by atoms with Crippen LogP contribution in [0.15, 0.2) is 30.3 Å².